The van der Waals surface area contributed by atoms with Crippen LogP contribution in [0.1, 0.15) is 23.0 Å². The average molecular weight is 230 g/mol. The van der Waals surface area contributed by atoms with E-state index in [1.165, 1.54) is 5.56 Å². The van der Waals surface area contributed by atoms with Crippen molar-refractivity contribution >= 4 is 5.82 Å². The summed E-state index contributed by atoms with van der Waals surface area (Å²) in [6.45, 7) is 2.02. The summed E-state index contributed by atoms with van der Waals surface area (Å²) in [5, 5.41) is 13.4. The molecule has 17 heavy (non-hydrogen) atoms. The van der Waals surface area contributed by atoms with Crippen LogP contribution < -0.4 is 10.9 Å². The molecule has 1 aliphatic heterocycles. The molecule has 3 rings (SSSR count). The summed E-state index contributed by atoms with van der Waals surface area (Å²) in [5.74, 6) is 0.875. The van der Waals surface area contributed by atoms with Crippen LogP contribution in [0.5, 0.6) is 0 Å². The normalized spacial score (nSPS) is 17.9. The van der Waals surface area contributed by atoms with E-state index in [2.05, 4.69) is 47.1 Å². The van der Waals surface area contributed by atoms with Crippen LogP contribution in [0.15, 0.2) is 30.3 Å². The molecule has 1 aromatic carbocycles. The molecule has 5 heteroatoms. The van der Waals surface area contributed by atoms with Gasteiger partial charge in [-0.05, 0) is 12.5 Å². The molecule has 0 radical (unpaired) electrons. The molecule has 0 saturated heterocycles. The Kier molecular flexibility index (Phi) is 2.35. The Labute approximate surface area is 99.0 Å². The second-order valence-corrected chi connectivity index (χ2v) is 4.21. The van der Waals surface area contributed by atoms with Crippen molar-refractivity contribution in [3.8, 4) is 0 Å². The van der Waals surface area contributed by atoms with E-state index in [0.717, 1.165) is 11.4 Å². The van der Waals surface area contributed by atoms with E-state index < -0.39 is 0 Å². The van der Waals surface area contributed by atoms with E-state index >= 15 is 0 Å². The zero-order valence-corrected chi connectivity index (χ0v) is 9.51. The summed E-state index contributed by atoms with van der Waals surface area (Å²) in [6, 6.07) is 10.1. The first-order chi connectivity index (χ1) is 8.28. The molecule has 3 N–H and O–H groups in total. The van der Waals surface area contributed by atoms with Gasteiger partial charge in [0.1, 0.15) is 12.0 Å². The molecule has 88 valence electrons. The Balaban J connectivity index is 1.97. The molecule has 0 bridgehead atoms. The maximum Gasteiger partial charge on any atom is 0.146 e. The van der Waals surface area contributed by atoms with Crippen molar-refractivity contribution in [1.29, 1.82) is 0 Å². The lowest BCUT2D eigenvalue weighted by molar-refractivity contribution is 0.274. The Bertz CT molecular complexity index is 532. The smallest absolute Gasteiger partial charge is 0.146 e. The van der Waals surface area contributed by atoms with E-state index in [1.807, 2.05) is 10.7 Å². The number of benzene rings is 1. The lowest BCUT2D eigenvalue weighted by Crippen LogP contribution is -2.23. The molecule has 0 spiro atoms. The standard InChI is InChI=1S/C12H14N4O/c1-8-2-4-9(5-3-8)12-14-13-11-6-10(7-17)15-16(11)12/h2-6,12-14,17H,7H2,1H3. The van der Waals surface area contributed by atoms with Gasteiger partial charge in [0, 0.05) is 6.07 Å². The number of aliphatic hydroxyl groups is 1. The number of nitrogens with zero attached hydrogens (tertiary/aromatic N) is 2. The summed E-state index contributed by atoms with van der Waals surface area (Å²) in [4.78, 5) is 0. The van der Waals surface area contributed by atoms with Crippen LogP contribution in [0.2, 0.25) is 0 Å². The molecule has 1 aromatic heterocycles. The van der Waals surface area contributed by atoms with E-state index in [4.69, 9.17) is 5.11 Å². The van der Waals surface area contributed by atoms with Crippen LogP contribution in [0.25, 0.3) is 0 Å². The van der Waals surface area contributed by atoms with Gasteiger partial charge in [-0.25, -0.2) is 10.1 Å². The van der Waals surface area contributed by atoms with Crippen molar-refractivity contribution in [3.05, 3.63) is 47.2 Å². The molecule has 1 atom stereocenters. The maximum atomic E-state index is 9.06. The van der Waals surface area contributed by atoms with Crippen molar-refractivity contribution in [2.75, 3.05) is 5.43 Å². The summed E-state index contributed by atoms with van der Waals surface area (Å²) >= 11 is 0. The number of hydrogen-bond donors (Lipinski definition) is 3. The zero-order valence-electron chi connectivity index (χ0n) is 9.51. The molecular weight excluding hydrogens is 216 g/mol. The topological polar surface area (TPSA) is 62.1 Å². The lowest BCUT2D eigenvalue weighted by Gasteiger charge is -2.12. The number of aliphatic hydroxyl groups excluding tert-OH is 1. The largest absolute Gasteiger partial charge is 0.390 e. The Hall–Kier alpha value is -1.85. The summed E-state index contributed by atoms with van der Waals surface area (Å²) in [5.41, 5.74) is 9.25. The van der Waals surface area contributed by atoms with Gasteiger partial charge in [-0.2, -0.15) is 5.10 Å². The third-order valence-electron chi connectivity index (χ3n) is 2.92. The summed E-state index contributed by atoms with van der Waals surface area (Å²) in [7, 11) is 0. The van der Waals surface area contributed by atoms with E-state index in [-0.39, 0.29) is 12.8 Å². The van der Waals surface area contributed by atoms with Crippen molar-refractivity contribution in [3.63, 3.8) is 0 Å². The fourth-order valence-electron chi connectivity index (χ4n) is 1.99. The molecule has 2 heterocycles. The number of hydrazine groups is 1. The molecule has 1 aliphatic rings. The van der Waals surface area contributed by atoms with Crippen LogP contribution >= 0.6 is 0 Å². The number of aryl methyl sites for hydroxylation is 1. The van der Waals surface area contributed by atoms with Crippen LogP contribution in [-0.4, -0.2) is 14.9 Å². The Morgan fingerprint density at radius 2 is 2.12 bits per heavy atom. The predicted molar refractivity (Wildman–Crippen MR) is 64.2 cm³/mol. The van der Waals surface area contributed by atoms with Gasteiger partial charge >= 0.3 is 0 Å². The second kappa shape index (κ2) is 3.87. The number of rotatable bonds is 2. The van der Waals surface area contributed by atoms with E-state index in [0.29, 0.717) is 5.69 Å². The highest BCUT2D eigenvalue weighted by Crippen LogP contribution is 2.25. The van der Waals surface area contributed by atoms with Crippen molar-refractivity contribution in [2.24, 2.45) is 0 Å². The molecule has 1 unspecified atom stereocenters. The first-order valence-electron chi connectivity index (χ1n) is 5.55. The van der Waals surface area contributed by atoms with Gasteiger partial charge in [0.05, 0.1) is 12.3 Å². The number of nitrogens with one attached hydrogen (secondary N) is 2. The molecular formula is C12H14N4O. The van der Waals surface area contributed by atoms with Gasteiger partial charge in [-0.15, -0.1) is 0 Å². The van der Waals surface area contributed by atoms with Crippen molar-refractivity contribution < 1.29 is 5.11 Å². The average Bonchev–Trinajstić information content (AvgIpc) is 2.89. The van der Waals surface area contributed by atoms with Crippen LogP contribution in [0, 0.1) is 6.92 Å². The molecule has 2 aromatic rings. The minimum atomic E-state index is -0.0394. The van der Waals surface area contributed by atoms with E-state index in [1.54, 1.807) is 0 Å². The minimum Gasteiger partial charge on any atom is -0.390 e. The molecule has 0 aliphatic carbocycles. The summed E-state index contributed by atoms with van der Waals surface area (Å²) < 4.78 is 1.84. The van der Waals surface area contributed by atoms with E-state index in [9.17, 15) is 0 Å². The fraction of sp³-hybridized carbons (Fsp3) is 0.250. The number of aromatic nitrogens is 2. The molecule has 0 fully saturated rings. The predicted octanol–water partition coefficient (Wildman–Crippen LogP) is 1.16. The minimum absolute atomic E-state index is 0.0223. The van der Waals surface area contributed by atoms with Gasteiger partial charge in [0.15, 0.2) is 0 Å². The van der Waals surface area contributed by atoms with Crippen molar-refractivity contribution in [2.45, 2.75) is 19.7 Å². The highest BCUT2D eigenvalue weighted by atomic mass is 16.3. The molecule has 0 saturated carbocycles. The fourth-order valence-corrected chi connectivity index (χ4v) is 1.99. The number of fused-ring (bicyclic) bond motifs is 1. The van der Waals surface area contributed by atoms with Crippen molar-refractivity contribution in [1.82, 2.24) is 15.2 Å². The zero-order chi connectivity index (χ0) is 11.8. The Morgan fingerprint density at radius 3 is 2.82 bits per heavy atom. The lowest BCUT2D eigenvalue weighted by atomic mass is 10.1. The SMILES string of the molecule is Cc1ccc(C2NNc3cc(CO)nn32)cc1. The number of anilines is 1. The van der Waals surface area contributed by atoms with Crippen LogP contribution in [-0.2, 0) is 6.61 Å². The van der Waals surface area contributed by atoms with Crippen LogP contribution in [0.3, 0.4) is 0 Å². The highest BCUT2D eigenvalue weighted by molar-refractivity contribution is 5.42. The van der Waals surface area contributed by atoms with Crippen LogP contribution in [0.4, 0.5) is 5.82 Å². The second-order valence-electron chi connectivity index (χ2n) is 4.21. The third kappa shape index (κ3) is 1.69. The Morgan fingerprint density at radius 1 is 1.35 bits per heavy atom. The monoisotopic (exact) mass is 230 g/mol. The highest BCUT2D eigenvalue weighted by Gasteiger charge is 2.24. The van der Waals surface area contributed by atoms with Gasteiger partial charge in [-0.1, -0.05) is 29.8 Å². The van der Waals surface area contributed by atoms with Gasteiger partial charge in [0.2, 0.25) is 0 Å². The first kappa shape index (κ1) is 10.3. The maximum absolute atomic E-state index is 9.06. The molecule has 0 amide bonds. The van der Waals surface area contributed by atoms with Gasteiger partial charge < -0.3 is 10.5 Å². The molecule has 5 nitrogen and oxygen atoms in total. The third-order valence-corrected chi connectivity index (χ3v) is 2.92. The quantitative estimate of drug-likeness (QED) is 0.724. The van der Waals surface area contributed by atoms with Gasteiger partial charge in [-0.3, -0.25) is 0 Å². The summed E-state index contributed by atoms with van der Waals surface area (Å²) in [6.07, 6.45) is -0.0223. The number of hydrogen-bond acceptors (Lipinski definition) is 4. The first-order valence-corrected chi connectivity index (χ1v) is 5.55. The van der Waals surface area contributed by atoms with Gasteiger partial charge in [0.25, 0.3) is 0 Å².